The predicted molar refractivity (Wildman–Crippen MR) is 170 cm³/mol. The molecule has 6 rings (SSSR count). The van der Waals surface area contributed by atoms with Crippen LogP contribution in [0.2, 0.25) is 0 Å². The van der Waals surface area contributed by atoms with E-state index in [9.17, 15) is 15.2 Å². The van der Waals surface area contributed by atoms with Gasteiger partial charge in [0.25, 0.3) is 5.69 Å². The molecule has 0 amide bonds. The summed E-state index contributed by atoms with van der Waals surface area (Å²) in [5, 5.41) is 20.5. The Kier molecular flexibility index (Phi) is 9.30. The van der Waals surface area contributed by atoms with Gasteiger partial charge in [0.15, 0.2) is 6.29 Å². The lowest BCUT2D eigenvalue weighted by atomic mass is 9.97. The molecule has 3 N–H and O–H groups in total. The summed E-state index contributed by atoms with van der Waals surface area (Å²) in [6, 6.07) is 31.3. The highest BCUT2D eigenvalue weighted by atomic mass is 16.7. The third-order valence-electron chi connectivity index (χ3n) is 8.61. The van der Waals surface area contributed by atoms with Gasteiger partial charge in [-0.05, 0) is 39.9 Å². The lowest BCUT2D eigenvalue weighted by molar-refractivity contribution is -0.384. The van der Waals surface area contributed by atoms with Crippen LogP contribution in [-0.4, -0.2) is 53.8 Å². The Morgan fingerprint density at radius 1 is 0.841 bits per heavy atom. The Morgan fingerprint density at radius 3 is 2.18 bits per heavy atom. The van der Waals surface area contributed by atoms with Crippen molar-refractivity contribution in [2.24, 2.45) is 5.73 Å². The molecule has 9 heteroatoms. The summed E-state index contributed by atoms with van der Waals surface area (Å²) >= 11 is 0. The van der Waals surface area contributed by atoms with E-state index in [-0.39, 0.29) is 29.4 Å². The quantitative estimate of drug-likeness (QED) is 0.191. The van der Waals surface area contributed by atoms with Gasteiger partial charge in [-0.1, -0.05) is 72.8 Å². The number of benzene rings is 4. The lowest BCUT2D eigenvalue weighted by Crippen LogP contribution is -2.49. The van der Waals surface area contributed by atoms with E-state index in [0.717, 1.165) is 78.2 Å². The topological polar surface area (TPSA) is 114 Å². The molecular formula is C35H38N4O5. The zero-order valence-corrected chi connectivity index (χ0v) is 24.6. The van der Waals surface area contributed by atoms with Crippen LogP contribution in [0.25, 0.3) is 11.1 Å². The van der Waals surface area contributed by atoms with Crippen molar-refractivity contribution < 1.29 is 19.5 Å². The first-order valence-electron chi connectivity index (χ1n) is 15.1. The highest BCUT2D eigenvalue weighted by molar-refractivity contribution is 5.67. The van der Waals surface area contributed by atoms with Gasteiger partial charge in [0, 0.05) is 69.1 Å². The normalized spacial score (nSPS) is 20.9. The molecule has 0 aromatic heterocycles. The number of nitro benzene ring substituents is 1. The van der Waals surface area contributed by atoms with Gasteiger partial charge in [0.1, 0.15) is 0 Å². The second-order valence-electron chi connectivity index (χ2n) is 11.4. The largest absolute Gasteiger partial charge is 0.392 e. The second kappa shape index (κ2) is 13.7. The maximum Gasteiger partial charge on any atom is 0.269 e. The molecular weight excluding hydrogens is 556 g/mol. The van der Waals surface area contributed by atoms with Crippen molar-refractivity contribution in [2.45, 2.75) is 38.1 Å². The first-order chi connectivity index (χ1) is 21.5. The average Bonchev–Trinajstić information content (AvgIpc) is 3.08. The predicted octanol–water partition coefficient (Wildman–Crippen LogP) is 5.58. The minimum absolute atomic E-state index is 0.00561. The highest BCUT2D eigenvalue weighted by Crippen LogP contribution is 2.39. The molecule has 3 atom stereocenters. The van der Waals surface area contributed by atoms with Gasteiger partial charge in [0.05, 0.1) is 23.7 Å². The molecule has 2 saturated heterocycles. The maximum absolute atomic E-state index is 11.0. The lowest BCUT2D eigenvalue weighted by Gasteiger charge is -2.41. The molecule has 0 aliphatic carbocycles. The van der Waals surface area contributed by atoms with E-state index in [0.29, 0.717) is 6.54 Å². The first-order valence-corrected chi connectivity index (χ1v) is 15.1. The van der Waals surface area contributed by atoms with Crippen LogP contribution >= 0.6 is 0 Å². The number of hydrogen-bond acceptors (Lipinski definition) is 8. The summed E-state index contributed by atoms with van der Waals surface area (Å²) in [4.78, 5) is 15.3. The van der Waals surface area contributed by atoms with Gasteiger partial charge in [-0.3, -0.25) is 15.0 Å². The molecule has 4 aromatic rings. The first kappa shape index (κ1) is 29.9. The molecule has 2 aliphatic heterocycles. The highest BCUT2D eigenvalue weighted by Gasteiger charge is 2.34. The number of non-ortho nitro benzene ring substituents is 1. The molecule has 4 aromatic carbocycles. The van der Waals surface area contributed by atoms with Crippen LogP contribution < -0.4 is 10.6 Å². The Balaban J connectivity index is 1.16. The summed E-state index contributed by atoms with van der Waals surface area (Å²) in [6.07, 6.45) is 0.0151. The van der Waals surface area contributed by atoms with E-state index in [2.05, 4.69) is 46.2 Å². The van der Waals surface area contributed by atoms with Gasteiger partial charge in [-0.2, -0.15) is 0 Å². The monoisotopic (exact) mass is 594 g/mol. The van der Waals surface area contributed by atoms with Gasteiger partial charge in [-0.25, -0.2) is 0 Å². The molecule has 0 spiro atoms. The van der Waals surface area contributed by atoms with Crippen LogP contribution in [0, 0.1) is 10.1 Å². The fourth-order valence-corrected chi connectivity index (χ4v) is 6.09. The van der Waals surface area contributed by atoms with Gasteiger partial charge in [-0.15, -0.1) is 0 Å². The number of piperazine rings is 1. The van der Waals surface area contributed by atoms with Crippen molar-refractivity contribution in [3.05, 3.63) is 129 Å². The molecule has 2 heterocycles. The number of aliphatic hydroxyl groups excluding tert-OH is 1. The van der Waals surface area contributed by atoms with Crippen LogP contribution in [0.4, 0.5) is 11.4 Å². The van der Waals surface area contributed by atoms with Gasteiger partial charge < -0.3 is 25.2 Å². The van der Waals surface area contributed by atoms with Gasteiger partial charge >= 0.3 is 0 Å². The summed E-state index contributed by atoms with van der Waals surface area (Å²) < 4.78 is 13.2. The molecule has 9 nitrogen and oxygen atoms in total. The number of rotatable bonds is 9. The second-order valence-corrected chi connectivity index (χ2v) is 11.4. The molecule has 0 radical (unpaired) electrons. The van der Waals surface area contributed by atoms with Crippen LogP contribution in [0.5, 0.6) is 0 Å². The van der Waals surface area contributed by atoms with E-state index >= 15 is 0 Å². The molecule has 228 valence electrons. The Morgan fingerprint density at radius 2 is 1.52 bits per heavy atom. The standard InChI is InChI=1S/C35H38N4O5/c36-22-29-3-1-2-4-33(29)26-9-11-28(12-10-26)35-43-32(21-34(44-35)27-7-5-25(24-40)6-8-27)23-37-17-19-38(20-18-37)30-13-15-31(16-14-30)39(41)42/h1-16,32,34-35,40H,17-24,36H2/t32-,34+,35+/m1/s1. The number of nitrogens with two attached hydrogens (primary N) is 1. The van der Waals surface area contributed by atoms with Crippen LogP contribution in [0.15, 0.2) is 97.1 Å². The Labute approximate surface area is 257 Å². The van der Waals surface area contributed by atoms with Crippen molar-refractivity contribution in [2.75, 3.05) is 37.6 Å². The van der Waals surface area contributed by atoms with E-state index < -0.39 is 6.29 Å². The van der Waals surface area contributed by atoms with Crippen LogP contribution in [0.3, 0.4) is 0 Å². The molecule has 2 aliphatic rings. The number of nitro groups is 1. The third kappa shape index (κ3) is 6.83. The SMILES string of the molecule is NCc1ccccc1-c1ccc([C@H]2O[C@@H](CN3CCN(c4ccc([N+](=O)[O-])cc4)CC3)C[C@@H](c3ccc(CO)cc3)O2)cc1. The van der Waals surface area contributed by atoms with Crippen molar-refractivity contribution in [3.8, 4) is 11.1 Å². The number of nitrogens with zero attached hydrogens (tertiary/aromatic N) is 3. The van der Waals surface area contributed by atoms with Crippen molar-refractivity contribution in [1.29, 1.82) is 0 Å². The Bertz CT molecular complexity index is 1540. The third-order valence-corrected chi connectivity index (χ3v) is 8.61. The number of ether oxygens (including phenoxy) is 2. The summed E-state index contributed by atoms with van der Waals surface area (Å²) in [5.41, 5.74) is 13.3. The van der Waals surface area contributed by atoms with E-state index in [1.165, 1.54) is 0 Å². The molecule has 0 saturated carbocycles. The smallest absolute Gasteiger partial charge is 0.269 e. The molecule has 0 bridgehead atoms. The van der Waals surface area contributed by atoms with E-state index in [1.807, 2.05) is 48.5 Å². The summed E-state index contributed by atoms with van der Waals surface area (Å²) in [5.74, 6) is 0. The van der Waals surface area contributed by atoms with E-state index in [1.54, 1.807) is 12.1 Å². The van der Waals surface area contributed by atoms with Crippen LogP contribution in [0.1, 0.15) is 41.1 Å². The minimum Gasteiger partial charge on any atom is -0.392 e. The zero-order chi connectivity index (χ0) is 30.5. The fraction of sp³-hybridized carbons (Fsp3) is 0.314. The number of aliphatic hydroxyl groups is 1. The molecule has 2 fully saturated rings. The van der Waals surface area contributed by atoms with Crippen molar-refractivity contribution in [3.63, 3.8) is 0 Å². The molecule has 44 heavy (non-hydrogen) atoms. The van der Waals surface area contributed by atoms with Crippen LogP contribution in [-0.2, 0) is 22.6 Å². The summed E-state index contributed by atoms with van der Waals surface area (Å²) in [6.45, 7) is 4.67. The fourth-order valence-electron chi connectivity index (χ4n) is 6.09. The minimum atomic E-state index is -0.517. The average molecular weight is 595 g/mol. The van der Waals surface area contributed by atoms with Crippen molar-refractivity contribution >= 4 is 11.4 Å². The van der Waals surface area contributed by atoms with Gasteiger partial charge in [0.2, 0.25) is 0 Å². The Hall–Kier alpha value is -4.12. The number of anilines is 1. The number of hydrogen-bond donors (Lipinski definition) is 2. The maximum atomic E-state index is 11.0. The van der Waals surface area contributed by atoms with Crippen molar-refractivity contribution in [1.82, 2.24) is 4.90 Å². The summed E-state index contributed by atoms with van der Waals surface area (Å²) in [7, 11) is 0. The molecule has 0 unspecified atom stereocenters. The van der Waals surface area contributed by atoms with E-state index in [4.69, 9.17) is 15.2 Å². The zero-order valence-electron chi connectivity index (χ0n) is 24.6.